The van der Waals surface area contributed by atoms with E-state index in [9.17, 15) is 0 Å². The van der Waals surface area contributed by atoms with Crippen molar-refractivity contribution < 1.29 is 0 Å². The first-order valence-corrected chi connectivity index (χ1v) is 6.37. The molecule has 0 bridgehead atoms. The Kier molecular flexibility index (Phi) is 3.91. The molecule has 1 aliphatic rings. The van der Waals surface area contributed by atoms with E-state index in [1.807, 2.05) is 0 Å². The van der Waals surface area contributed by atoms with E-state index < -0.39 is 0 Å². The maximum Gasteiger partial charge on any atom is 0.202 e. The van der Waals surface area contributed by atoms with Gasteiger partial charge in [-0.15, -0.1) is 0 Å². The monoisotopic (exact) mass is 226 g/mol. The second-order valence-electron chi connectivity index (χ2n) is 4.15. The number of hydrogen-bond acceptors (Lipinski definition) is 5. The third kappa shape index (κ3) is 3.43. The summed E-state index contributed by atoms with van der Waals surface area (Å²) in [7, 11) is 0. The molecule has 2 heterocycles. The van der Waals surface area contributed by atoms with Crippen molar-refractivity contribution in [1.82, 2.24) is 14.3 Å². The third-order valence-corrected chi connectivity index (χ3v) is 3.31. The highest BCUT2D eigenvalue weighted by Gasteiger charge is 2.13. The van der Waals surface area contributed by atoms with E-state index in [1.54, 1.807) is 6.33 Å². The maximum atomic E-state index is 4.13. The first-order valence-electron chi connectivity index (χ1n) is 5.60. The molecule has 1 fully saturated rings. The van der Waals surface area contributed by atoms with Gasteiger partial charge < -0.3 is 10.2 Å². The zero-order valence-electron chi connectivity index (χ0n) is 9.15. The zero-order chi connectivity index (χ0) is 10.5. The van der Waals surface area contributed by atoms with Crippen molar-refractivity contribution in [3.63, 3.8) is 0 Å². The first kappa shape index (κ1) is 10.8. The van der Waals surface area contributed by atoms with Crippen LogP contribution in [0.15, 0.2) is 6.33 Å². The van der Waals surface area contributed by atoms with Gasteiger partial charge in [-0.3, -0.25) is 0 Å². The number of hydrogen-bond donors (Lipinski definition) is 1. The number of piperidine rings is 1. The Hall–Kier alpha value is -0.680. The van der Waals surface area contributed by atoms with Crippen molar-refractivity contribution in [3.8, 4) is 0 Å². The summed E-state index contributed by atoms with van der Waals surface area (Å²) in [5.41, 5.74) is 0. The van der Waals surface area contributed by atoms with Gasteiger partial charge in [-0.2, -0.15) is 4.37 Å². The van der Waals surface area contributed by atoms with Gasteiger partial charge in [-0.25, -0.2) is 4.98 Å². The van der Waals surface area contributed by atoms with Crippen molar-refractivity contribution >= 4 is 16.7 Å². The van der Waals surface area contributed by atoms with Crippen LogP contribution in [0.3, 0.4) is 0 Å². The minimum atomic E-state index is 0.455. The Labute approximate surface area is 94.9 Å². The Morgan fingerprint density at radius 2 is 2.27 bits per heavy atom. The smallest absolute Gasteiger partial charge is 0.202 e. The lowest BCUT2D eigenvalue weighted by Gasteiger charge is -2.29. The summed E-state index contributed by atoms with van der Waals surface area (Å²) >= 11 is 1.42. The molecule has 1 saturated heterocycles. The van der Waals surface area contributed by atoms with E-state index in [0.717, 1.165) is 11.7 Å². The van der Waals surface area contributed by atoms with Crippen molar-refractivity contribution in [2.24, 2.45) is 0 Å². The summed E-state index contributed by atoms with van der Waals surface area (Å²) in [6.45, 7) is 5.82. The lowest BCUT2D eigenvalue weighted by molar-refractivity contribution is 0.223. The van der Waals surface area contributed by atoms with Gasteiger partial charge in [0, 0.05) is 24.1 Å². The fraction of sp³-hybridized carbons (Fsp3) is 0.800. The Bertz CT molecular complexity index is 269. The highest BCUT2D eigenvalue weighted by Crippen LogP contribution is 2.12. The third-order valence-electron chi connectivity index (χ3n) is 2.71. The van der Waals surface area contributed by atoms with E-state index >= 15 is 0 Å². The fourth-order valence-electron chi connectivity index (χ4n) is 2.02. The molecule has 1 unspecified atom stereocenters. The summed E-state index contributed by atoms with van der Waals surface area (Å²) < 4.78 is 3.98. The molecule has 0 amide bonds. The van der Waals surface area contributed by atoms with Gasteiger partial charge in [0.05, 0.1) is 0 Å². The minimum absolute atomic E-state index is 0.455. The number of nitrogens with one attached hydrogen (secondary N) is 1. The number of aromatic nitrogens is 2. The van der Waals surface area contributed by atoms with Crippen molar-refractivity contribution in [2.75, 3.05) is 25.0 Å². The van der Waals surface area contributed by atoms with Crippen LogP contribution in [0.1, 0.15) is 26.2 Å². The maximum absolute atomic E-state index is 4.13. The highest BCUT2D eigenvalue weighted by molar-refractivity contribution is 7.09. The topological polar surface area (TPSA) is 41.0 Å². The average Bonchev–Trinajstić information content (AvgIpc) is 2.71. The van der Waals surface area contributed by atoms with Gasteiger partial charge in [-0.1, -0.05) is 6.42 Å². The average molecular weight is 226 g/mol. The van der Waals surface area contributed by atoms with Crippen LogP contribution in [-0.2, 0) is 0 Å². The molecular weight excluding hydrogens is 208 g/mol. The predicted molar refractivity (Wildman–Crippen MR) is 63.3 cm³/mol. The highest BCUT2D eigenvalue weighted by atomic mass is 32.1. The molecule has 0 aliphatic carbocycles. The molecule has 4 nitrogen and oxygen atoms in total. The second kappa shape index (κ2) is 5.42. The molecular formula is C10H18N4S. The Balaban J connectivity index is 1.74. The van der Waals surface area contributed by atoms with E-state index in [2.05, 4.69) is 26.5 Å². The first-order chi connectivity index (χ1) is 7.34. The van der Waals surface area contributed by atoms with E-state index in [0.29, 0.717) is 6.04 Å². The zero-order valence-corrected chi connectivity index (χ0v) is 9.96. The van der Waals surface area contributed by atoms with E-state index in [1.165, 1.54) is 43.9 Å². The summed E-state index contributed by atoms with van der Waals surface area (Å²) in [6, 6.07) is 0.455. The number of rotatable bonds is 4. The van der Waals surface area contributed by atoms with E-state index in [-0.39, 0.29) is 0 Å². The van der Waals surface area contributed by atoms with Crippen LogP contribution in [0, 0.1) is 0 Å². The van der Waals surface area contributed by atoms with Crippen LogP contribution in [-0.4, -0.2) is 39.9 Å². The summed E-state index contributed by atoms with van der Waals surface area (Å²) in [5, 5.41) is 4.30. The fourth-order valence-corrected chi connectivity index (χ4v) is 2.56. The summed E-state index contributed by atoms with van der Waals surface area (Å²) in [6.07, 6.45) is 5.70. The molecule has 1 aromatic heterocycles. The van der Waals surface area contributed by atoms with Crippen LogP contribution in [0.2, 0.25) is 0 Å². The minimum Gasteiger partial charge on any atom is -0.357 e. The van der Waals surface area contributed by atoms with Gasteiger partial charge in [-0.05, 0) is 32.9 Å². The molecule has 0 spiro atoms. The Morgan fingerprint density at radius 1 is 1.47 bits per heavy atom. The molecule has 1 aliphatic heterocycles. The normalized spacial score (nSPS) is 20.1. The second-order valence-corrected chi connectivity index (χ2v) is 4.93. The largest absolute Gasteiger partial charge is 0.357 e. The molecule has 2 rings (SSSR count). The van der Waals surface area contributed by atoms with Gasteiger partial charge in [0.2, 0.25) is 5.13 Å². The quantitative estimate of drug-likeness (QED) is 0.850. The lowest BCUT2D eigenvalue weighted by atomic mass is 10.1. The molecule has 0 radical (unpaired) electrons. The molecule has 84 valence electrons. The van der Waals surface area contributed by atoms with Crippen molar-refractivity contribution in [1.29, 1.82) is 0 Å². The van der Waals surface area contributed by atoms with Crippen LogP contribution in [0.4, 0.5) is 5.13 Å². The molecule has 0 saturated carbocycles. The predicted octanol–water partition coefficient (Wildman–Crippen LogP) is 1.82. The van der Waals surface area contributed by atoms with Crippen LogP contribution in [0.25, 0.3) is 0 Å². The van der Waals surface area contributed by atoms with E-state index in [4.69, 9.17) is 0 Å². The number of likely N-dealkylation sites (tertiary alicyclic amines) is 1. The molecule has 1 atom stereocenters. The van der Waals surface area contributed by atoms with Crippen LogP contribution >= 0.6 is 11.5 Å². The van der Waals surface area contributed by atoms with Crippen molar-refractivity contribution in [3.05, 3.63) is 6.33 Å². The molecule has 0 aromatic carbocycles. The van der Waals surface area contributed by atoms with Gasteiger partial charge >= 0.3 is 0 Å². The summed E-state index contributed by atoms with van der Waals surface area (Å²) in [5.74, 6) is 0. The molecule has 15 heavy (non-hydrogen) atoms. The Morgan fingerprint density at radius 3 is 2.93 bits per heavy atom. The lowest BCUT2D eigenvalue weighted by Crippen LogP contribution is -2.38. The van der Waals surface area contributed by atoms with Crippen LogP contribution in [0.5, 0.6) is 0 Å². The standard InChI is InChI=1S/C10H18N4S/c1-9(13-10-11-8-12-15-10)7-14-5-3-2-4-6-14/h8-9H,2-7H2,1H3,(H,11,12,13). The van der Waals surface area contributed by atoms with Gasteiger partial charge in [0.15, 0.2) is 0 Å². The van der Waals surface area contributed by atoms with Crippen LogP contribution < -0.4 is 5.32 Å². The molecule has 5 heteroatoms. The van der Waals surface area contributed by atoms with Gasteiger partial charge in [0.1, 0.15) is 6.33 Å². The molecule has 1 aromatic rings. The SMILES string of the molecule is CC(CN1CCCCC1)Nc1ncns1. The number of anilines is 1. The summed E-state index contributed by atoms with van der Waals surface area (Å²) in [4.78, 5) is 6.66. The van der Waals surface area contributed by atoms with Crippen molar-refractivity contribution in [2.45, 2.75) is 32.2 Å². The number of nitrogens with zero attached hydrogens (tertiary/aromatic N) is 3. The molecule has 1 N–H and O–H groups in total. The van der Waals surface area contributed by atoms with Gasteiger partial charge in [0.25, 0.3) is 0 Å².